The molecule has 3 N–H and O–H groups in total. The fourth-order valence-electron chi connectivity index (χ4n) is 1.15. The van der Waals surface area contributed by atoms with Crippen LogP contribution in [0.3, 0.4) is 0 Å². The minimum atomic E-state index is -3.21. The minimum Gasteiger partial charge on any atom is -0.326 e. The van der Waals surface area contributed by atoms with Crippen LogP contribution in [0.5, 0.6) is 0 Å². The zero-order chi connectivity index (χ0) is 14.4. The van der Waals surface area contributed by atoms with E-state index in [0.29, 0.717) is 5.69 Å². The maximum absolute atomic E-state index is 11.9. The molecule has 0 aromatic heterocycles. The molecule has 0 unspecified atom stereocenters. The molecule has 0 radical (unpaired) electrons. The summed E-state index contributed by atoms with van der Waals surface area (Å²) in [6, 6.07) is 5.67. The van der Waals surface area contributed by atoms with Gasteiger partial charge in [-0.05, 0) is 24.3 Å². The lowest BCUT2D eigenvalue weighted by molar-refractivity contribution is -0.132. The van der Waals surface area contributed by atoms with E-state index < -0.39 is 18.2 Å². The molecule has 1 aromatic carbocycles. The lowest BCUT2D eigenvalue weighted by Crippen LogP contribution is -2.44. The standard InChI is InChI=1S/C11H11F2N3O3/c1-6(17)14-8-4-2-7(3-5-8)10(18)15-16-11(19)9(12)13/h2-5,9H,1H3,(H,14,17)(H,15,18)(H,16,19). The molecule has 6 nitrogen and oxygen atoms in total. The summed E-state index contributed by atoms with van der Waals surface area (Å²) in [4.78, 5) is 32.7. The smallest absolute Gasteiger partial charge is 0.317 e. The van der Waals surface area contributed by atoms with Crippen LogP contribution in [0.2, 0.25) is 0 Å². The van der Waals surface area contributed by atoms with Gasteiger partial charge in [-0.25, -0.2) is 0 Å². The van der Waals surface area contributed by atoms with Gasteiger partial charge in [0.25, 0.3) is 5.91 Å². The summed E-state index contributed by atoms with van der Waals surface area (Å²) in [6.45, 7) is 1.33. The molecule has 19 heavy (non-hydrogen) atoms. The molecule has 0 bridgehead atoms. The molecule has 0 aliphatic heterocycles. The number of benzene rings is 1. The first-order chi connectivity index (χ1) is 8.90. The Bertz CT molecular complexity index is 488. The van der Waals surface area contributed by atoms with Crippen molar-refractivity contribution in [3.8, 4) is 0 Å². The first kappa shape index (κ1) is 14.6. The number of amides is 3. The lowest BCUT2D eigenvalue weighted by atomic mass is 10.2. The van der Waals surface area contributed by atoms with Crippen molar-refractivity contribution in [2.75, 3.05) is 5.32 Å². The number of alkyl halides is 2. The third-order valence-corrected chi connectivity index (χ3v) is 1.96. The topological polar surface area (TPSA) is 87.3 Å². The van der Waals surface area contributed by atoms with Gasteiger partial charge in [-0.1, -0.05) is 0 Å². The Labute approximate surface area is 107 Å². The second-order valence-corrected chi connectivity index (χ2v) is 3.50. The van der Waals surface area contributed by atoms with Crippen molar-refractivity contribution in [1.82, 2.24) is 10.9 Å². The van der Waals surface area contributed by atoms with Crippen LogP contribution in [0.4, 0.5) is 14.5 Å². The van der Waals surface area contributed by atoms with Crippen molar-refractivity contribution < 1.29 is 23.2 Å². The number of anilines is 1. The second kappa shape index (κ2) is 6.43. The van der Waals surface area contributed by atoms with E-state index in [-0.39, 0.29) is 11.5 Å². The maximum Gasteiger partial charge on any atom is 0.317 e. The summed E-state index contributed by atoms with van der Waals surface area (Å²) in [5, 5.41) is 2.50. The predicted molar refractivity (Wildman–Crippen MR) is 62.4 cm³/mol. The Hall–Kier alpha value is -2.51. The van der Waals surface area contributed by atoms with E-state index in [1.165, 1.54) is 31.2 Å². The van der Waals surface area contributed by atoms with Crippen LogP contribution in [-0.4, -0.2) is 24.1 Å². The normalized spacial score (nSPS) is 9.89. The van der Waals surface area contributed by atoms with Crippen molar-refractivity contribution >= 4 is 23.4 Å². The van der Waals surface area contributed by atoms with Gasteiger partial charge in [0.1, 0.15) is 0 Å². The summed E-state index contributed by atoms with van der Waals surface area (Å²) in [5.74, 6) is -2.60. The van der Waals surface area contributed by atoms with Crippen LogP contribution in [0, 0.1) is 0 Å². The third kappa shape index (κ3) is 4.70. The van der Waals surface area contributed by atoms with Gasteiger partial charge in [0.2, 0.25) is 5.91 Å². The summed E-state index contributed by atoms with van der Waals surface area (Å²) >= 11 is 0. The fraction of sp³-hybridized carbons (Fsp3) is 0.182. The van der Waals surface area contributed by atoms with Gasteiger partial charge in [0.05, 0.1) is 0 Å². The molecular weight excluding hydrogens is 260 g/mol. The van der Waals surface area contributed by atoms with Crippen LogP contribution in [-0.2, 0) is 9.59 Å². The Morgan fingerprint density at radius 3 is 2.11 bits per heavy atom. The van der Waals surface area contributed by atoms with Crippen molar-refractivity contribution in [3.05, 3.63) is 29.8 Å². The van der Waals surface area contributed by atoms with Gasteiger partial charge >= 0.3 is 12.3 Å². The maximum atomic E-state index is 11.9. The van der Waals surface area contributed by atoms with E-state index in [4.69, 9.17) is 0 Å². The third-order valence-electron chi connectivity index (χ3n) is 1.96. The number of nitrogens with one attached hydrogen (secondary N) is 3. The molecule has 0 spiro atoms. The number of hydrogen-bond donors (Lipinski definition) is 3. The highest BCUT2D eigenvalue weighted by Gasteiger charge is 2.15. The van der Waals surface area contributed by atoms with Gasteiger partial charge in [0, 0.05) is 18.2 Å². The largest absolute Gasteiger partial charge is 0.326 e. The van der Waals surface area contributed by atoms with E-state index >= 15 is 0 Å². The SMILES string of the molecule is CC(=O)Nc1ccc(C(=O)NNC(=O)C(F)F)cc1. The van der Waals surface area contributed by atoms with E-state index in [0.717, 1.165) is 0 Å². The molecule has 0 saturated heterocycles. The molecule has 0 heterocycles. The monoisotopic (exact) mass is 271 g/mol. The van der Waals surface area contributed by atoms with E-state index in [1.54, 1.807) is 5.43 Å². The highest BCUT2D eigenvalue weighted by molar-refractivity contribution is 5.96. The van der Waals surface area contributed by atoms with Crippen LogP contribution in [0.15, 0.2) is 24.3 Å². The van der Waals surface area contributed by atoms with E-state index in [9.17, 15) is 23.2 Å². The van der Waals surface area contributed by atoms with Crippen molar-refractivity contribution in [1.29, 1.82) is 0 Å². The molecular formula is C11H11F2N3O3. The van der Waals surface area contributed by atoms with Crippen molar-refractivity contribution in [2.45, 2.75) is 13.3 Å². The predicted octanol–water partition coefficient (Wildman–Crippen LogP) is 0.671. The van der Waals surface area contributed by atoms with Gasteiger partial charge < -0.3 is 5.32 Å². The molecule has 0 fully saturated rings. The Kier molecular flexibility index (Phi) is 4.92. The van der Waals surface area contributed by atoms with Crippen LogP contribution in [0.25, 0.3) is 0 Å². The first-order valence-corrected chi connectivity index (χ1v) is 5.16. The number of carbonyl (C=O) groups is 3. The first-order valence-electron chi connectivity index (χ1n) is 5.16. The van der Waals surface area contributed by atoms with Gasteiger partial charge in [-0.3, -0.25) is 25.2 Å². The summed E-state index contributed by atoms with van der Waals surface area (Å²) in [7, 11) is 0. The molecule has 1 aromatic rings. The Balaban J connectivity index is 2.58. The number of carbonyl (C=O) groups excluding carboxylic acids is 3. The van der Waals surface area contributed by atoms with Gasteiger partial charge in [-0.15, -0.1) is 0 Å². The highest BCUT2D eigenvalue weighted by Crippen LogP contribution is 2.09. The number of hydrazine groups is 1. The lowest BCUT2D eigenvalue weighted by Gasteiger charge is -2.07. The zero-order valence-electron chi connectivity index (χ0n) is 9.87. The average Bonchev–Trinajstić information content (AvgIpc) is 2.35. The summed E-state index contributed by atoms with van der Waals surface area (Å²) in [6.07, 6.45) is -3.21. The van der Waals surface area contributed by atoms with E-state index in [1.807, 2.05) is 5.43 Å². The minimum absolute atomic E-state index is 0.142. The number of hydrogen-bond acceptors (Lipinski definition) is 3. The van der Waals surface area contributed by atoms with Gasteiger partial charge in [-0.2, -0.15) is 8.78 Å². The average molecular weight is 271 g/mol. The van der Waals surface area contributed by atoms with Crippen molar-refractivity contribution in [3.63, 3.8) is 0 Å². The summed E-state index contributed by atoms with van der Waals surface area (Å²) < 4.78 is 23.7. The van der Waals surface area contributed by atoms with Crippen LogP contribution in [0.1, 0.15) is 17.3 Å². The number of halogens is 2. The molecule has 8 heteroatoms. The van der Waals surface area contributed by atoms with Crippen LogP contribution >= 0.6 is 0 Å². The van der Waals surface area contributed by atoms with Gasteiger partial charge in [0.15, 0.2) is 0 Å². The second-order valence-electron chi connectivity index (χ2n) is 3.50. The number of rotatable bonds is 3. The van der Waals surface area contributed by atoms with Crippen molar-refractivity contribution in [2.24, 2.45) is 0 Å². The quantitative estimate of drug-likeness (QED) is 0.706. The zero-order valence-corrected chi connectivity index (χ0v) is 9.87. The summed E-state index contributed by atoms with van der Waals surface area (Å²) in [5.41, 5.74) is 4.03. The highest BCUT2D eigenvalue weighted by atomic mass is 19.3. The molecule has 0 atom stereocenters. The molecule has 1 rings (SSSR count). The molecule has 0 saturated carbocycles. The molecule has 0 aliphatic rings. The fourth-order valence-corrected chi connectivity index (χ4v) is 1.15. The Morgan fingerprint density at radius 1 is 1.05 bits per heavy atom. The van der Waals surface area contributed by atoms with E-state index in [2.05, 4.69) is 5.32 Å². The molecule has 3 amide bonds. The van der Waals surface area contributed by atoms with Crippen LogP contribution < -0.4 is 16.2 Å². The Morgan fingerprint density at radius 2 is 1.63 bits per heavy atom. The molecule has 0 aliphatic carbocycles. The molecule has 102 valence electrons.